The Morgan fingerprint density at radius 1 is 1.31 bits per heavy atom. The average Bonchev–Trinajstić information content (AvgIpc) is 2.77. The molecule has 0 aliphatic heterocycles. The highest BCUT2D eigenvalue weighted by Gasteiger charge is 2.43. The molecule has 2 rings (SSSR count). The van der Waals surface area contributed by atoms with E-state index in [1.807, 2.05) is 6.07 Å². The predicted octanol–water partition coefficient (Wildman–Crippen LogP) is 3.05. The number of halogens is 1. The summed E-state index contributed by atoms with van der Waals surface area (Å²) < 4.78 is 1.06. The van der Waals surface area contributed by atoms with E-state index < -0.39 is 5.60 Å². The van der Waals surface area contributed by atoms with Crippen molar-refractivity contribution in [1.29, 1.82) is 0 Å². The molecule has 1 saturated carbocycles. The van der Waals surface area contributed by atoms with Crippen LogP contribution in [0.4, 0.5) is 0 Å². The molecule has 13 heavy (non-hydrogen) atoms. The first-order valence-electron chi connectivity index (χ1n) is 4.52. The summed E-state index contributed by atoms with van der Waals surface area (Å²) in [6.07, 6.45) is 1.81. The molecule has 0 amide bonds. The van der Waals surface area contributed by atoms with E-state index in [1.165, 1.54) is 11.1 Å². The van der Waals surface area contributed by atoms with Gasteiger partial charge in [-0.05, 0) is 55.5 Å². The minimum atomic E-state index is -0.515. The van der Waals surface area contributed by atoms with Crippen LogP contribution >= 0.6 is 15.9 Å². The topological polar surface area (TPSA) is 20.2 Å². The maximum atomic E-state index is 10.0. The van der Waals surface area contributed by atoms with Crippen LogP contribution in [0.15, 0.2) is 16.6 Å². The summed E-state index contributed by atoms with van der Waals surface area (Å²) in [6.45, 7) is 4.16. The molecule has 1 aliphatic rings. The van der Waals surface area contributed by atoms with Crippen molar-refractivity contribution in [1.82, 2.24) is 0 Å². The lowest BCUT2D eigenvalue weighted by Crippen LogP contribution is -2.07. The second-order valence-electron chi connectivity index (χ2n) is 3.93. The third-order valence-electron chi connectivity index (χ3n) is 2.86. The zero-order chi connectivity index (χ0) is 9.64. The fraction of sp³-hybridized carbons (Fsp3) is 0.455. The fourth-order valence-corrected chi connectivity index (χ4v) is 2.26. The lowest BCUT2D eigenvalue weighted by Gasteiger charge is -2.14. The first-order valence-corrected chi connectivity index (χ1v) is 5.32. The van der Waals surface area contributed by atoms with Gasteiger partial charge in [0.2, 0.25) is 0 Å². The van der Waals surface area contributed by atoms with Crippen molar-refractivity contribution >= 4 is 15.9 Å². The minimum absolute atomic E-state index is 0.515. The van der Waals surface area contributed by atoms with Crippen molar-refractivity contribution in [3.8, 4) is 0 Å². The van der Waals surface area contributed by atoms with Crippen molar-refractivity contribution in [2.24, 2.45) is 0 Å². The average molecular weight is 241 g/mol. The molecule has 70 valence electrons. The molecule has 1 nitrogen and oxygen atoms in total. The minimum Gasteiger partial charge on any atom is -0.385 e. The second-order valence-corrected chi connectivity index (χ2v) is 4.84. The maximum absolute atomic E-state index is 10.0. The van der Waals surface area contributed by atoms with E-state index in [1.54, 1.807) is 0 Å². The molecule has 1 N–H and O–H groups in total. The van der Waals surface area contributed by atoms with Crippen LogP contribution in [0.3, 0.4) is 0 Å². The van der Waals surface area contributed by atoms with Gasteiger partial charge in [-0.2, -0.15) is 0 Å². The number of rotatable bonds is 1. The molecule has 1 fully saturated rings. The van der Waals surface area contributed by atoms with Crippen molar-refractivity contribution in [2.45, 2.75) is 32.3 Å². The quantitative estimate of drug-likeness (QED) is 0.801. The monoisotopic (exact) mass is 240 g/mol. The molecular weight excluding hydrogens is 228 g/mol. The number of aryl methyl sites for hydroxylation is 1. The number of aliphatic hydroxyl groups is 1. The highest BCUT2D eigenvalue weighted by atomic mass is 79.9. The lowest BCUT2D eigenvalue weighted by atomic mass is 9.98. The third kappa shape index (κ3) is 1.53. The van der Waals surface area contributed by atoms with Gasteiger partial charge in [-0.15, -0.1) is 0 Å². The SMILES string of the molecule is Cc1cc(Br)cc(C2(O)CC2)c1C. The van der Waals surface area contributed by atoms with Crippen LogP contribution in [-0.2, 0) is 5.60 Å². The van der Waals surface area contributed by atoms with Crippen molar-refractivity contribution in [2.75, 3.05) is 0 Å². The number of hydrogen-bond donors (Lipinski definition) is 1. The van der Waals surface area contributed by atoms with Crippen LogP contribution in [0.2, 0.25) is 0 Å². The Hall–Kier alpha value is -0.340. The second kappa shape index (κ2) is 2.82. The molecule has 0 heterocycles. The molecule has 0 unspecified atom stereocenters. The zero-order valence-electron chi connectivity index (χ0n) is 7.89. The van der Waals surface area contributed by atoms with E-state index in [-0.39, 0.29) is 0 Å². The summed E-state index contributed by atoms with van der Waals surface area (Å²) in [5.41, 5.74) is 3.05. The van der Waals surface area contributed by atoms with E-state index >= 15 is 0 Å². The molecule has 1 aromatic carbocycles. The van der Waals surface area contributed by atoms with Crippen LogP contribution in [0.1, 0.15) is 29.5 Å². The van der Waals surface area contributed by atoms with Crippen LogP contribution in [0.5, 0.6) is 0 Å². The molecule has 2 heteroatoms. The van der Waals surface area contributed by atoms with Gasteiger partial charge < -0.3 is 5.11 Å². The normalized spacial score (nSPS) is 18.8. The van der Waals surface area contributed by atoms with Crippen molar-refractivity contribution < 1.29 is 5.11 Å². The molecule has 0 spiro atoms. The lowest BCUT2D eigenvalue weighted by molar-refractivity contribution is 0.150. The van der Waals surface area contributed by atoms with Crippen LogP contribution in [0, 0.1) is 13.8 Å². The van der Waals surface area contributed by atoms with Crippen LogP contribution < -0.4 is 0 Å². The van der Waals surface area contributed by atoms with E-state index in [4.69, 9.17) is 0 Å². The Kier molecular flexibility index (Phi) is 2.00. The largest absolute Gasteiger partial charge is 0.385 e. The molecule has 0 bridgehead atoms. The molecule has 0 radical (unpaired) electrons. The van der Waals surface area contributed by atoms with E-state index in [0.717, 1.165) is 22.9 Å². The summed E-state index contributed by atoms with van der Waals surface area (Å²) in [7, 11) is 0. The fourth-order valence-electron chi connectivity index (χ4n) is 1.69. The van der Waals surface area contributed by atoms with Gasteiger partial charge >= 0.3 is 0 Å². The summed E-state index contributed by atoms with van der Waals surface area (Å²) >= 11 is 3.46. The highest BCUT2D eigenvalue weighted by Crippen LogP contribution is 2.47. The highest BCUT2D eigenvalue weighted by molar-refractivity contribution is 9.10. The van der Waals surface area contributed by atoms with Crippen molar-refractivity contribution in [3.63, 3.8) is 0 Å². The smallest absolute Gasteiger partial charge is 0.0902 e. The van der Waals surface area contributed by atoms with Gasteiger partial charge in [-0.3, -0.25) is 0 Å². The van der Waals surface area contributed by atoms with Gasteiger partial charge in [-0.25, -0.2) is 0 Å². The summed E-state index contributed by atoms with van der Waals surface area (Å²) in [5, 5.41) is 10.0. The van der Waals surface area contributed by atoms with Gasteiger partial charge in [0.1, 0.15) is 0 Å². The standard InChI is InChI=1S/C11H13BrO/c1-7-5-9(12)6-10(8(7)2)11(13)3-4-11/h5-6,13H,3-4H2,1-2H3. The Morgan fingerprint density at radius 3 is 2.46 bits per heavy atom. The molecule has 1 aromatic rings. The van der Waals surface area contributed by atoms with Gasteiger partial charge in [0.05, 0.1) is 5.60 Å². The number of benzene rings is 1. The van der Waals surface area contributed by atoms with E-state index in [2.05, 4.69) is 35.8 Å². The van der Waals surface area contributed by atoms with Crippen LogP contribution in [0.25, 0.3) is 0 Å². The van der Waals surface area contributed by atoms with Gasteiger partial charge in [0.15, 0.2) is 0 Å². The number of hydrogen-bond acceptors (Lipinski definition) is 1. The van der Waals surface area contributed by atoms with Crippen LogP contribution in [-0.4, -0.2) is 5.11 Å². The summed E-state index contributed by atoms with van der Waals surface area (Å²) in [5.74, 6) is 0. The molecule has 0 aromatic heterocycles. The first kappa shape index (κ1) is 9.22. The molecule has 0 atom stereocenters. The summed E-state index contributed by atoms with van der Waals surface area (Å²) in [4.78, 5) is 0. The predicted molar refractivity (Wildman–Crippen MR) is 56.7 cm³/mol. The maximum Gasteiger partial charge on any atom is 0.0902 e. The molecular formula is C11H13BrO. The first-order chi connectivity index (χ1) is 6.03. The Morgan fingerprint density at radius 2 is 1.92 bits per heavy atom. The Bertz CT molecular complexity index is 353. The summed E-state index contributed by atoms with van der Waals surface area (Å²) in [6, 6.07) is 4.12. The molecule has 0 saturated heterocycles. The van der Waals surface area contributed by atoms with Gasteiger partial charge in [0.25, 0.3) is 0 Å². The Balaban J connectivity index is 2.56. The van der Waals surface area contributed by atoms with Gasteiger partial charge in [0, 0.05) is 4.47 Å². The van der Waals surface area contributed by atoms with Crippen molar-refractivity contribution in [3.05, 3.63) is 33.3 Å². The third-order valence-corrected chi connectivity index (χ3v) is 3.31. The Labute approximate surface area is 86.9 Å². The van der Waals surface area contributed by atoms with E-state index in [0.29, 0.717) is 0 Å². The van der Waals surface area contributed by atoms with E-state index in [9.17, 15) is 5.11 Å². The zero-order valence-corrected chi connectivity index (χ0v) is 9.48. The molecule has 1 aliphatic carbocycles. The van der Waals surface area contributed by atoms with Gasteiger partial charge in [-0.1, -0.05) is 15.9 Å².